The Morgan fingerprint density at radius 1 is 1.19 bits per heavy atom. The van der Waals surface area contributed by atoms with Crippen LogP contribution >= 0.6 is 11.3 Å². The van der Waals surface area contributed by atoms with Gasteiger partial charge in [0.25, 0.3) is 5.91 Å². The van der Waals surface area contributed by atoms with E-state index < -0.39 is 20.9 Å². The maximum absolute atomic E-state index is 13.2. The zero-order valence-corrected chi connectivity index (χ0v) is 18.4. The number of oxime groups is 1. The lowest BCUT2D eigenvalue weighted by Crippen LogP contribution is -2.25. The maximum atomic E-state index is 13.2. The van der Waals surface area contributed by atoms with E-state index in [1.807, 2.05) is 0 Å². The molecular weight excluding hydrogens is 445 g/mol. The molecule has 0 spiro atoms. The van der Waals surface area contributed by atoms with E-state index in [9.17, 15) is 17.6 Å². The van der Waals surface area contributed by atoms with Crippen LogP contribution in [0.1, 0.15) is 37.7 Å². The number of carbonyl (C=O) groups excluding carboxylic acids is 1. The van der Waals surface area contributed by atoms with Gasteiger partial charge in [0.15, 0.2) is 25.8 Å². The van der Waals surface area contributed by atoms with E-state index in [2.05, 4.69) is 15.5 Å². The van der Waals surface area contributed by atoms with Crippen LogP contribution in [0.5, 0.6) is 0 Å². The molecule has 0 radical (unpaired) electrons. The van der Waals surface area contributed by atoms with Crippen molar-refractivity contribution in [3.63, 3.8) is 0 Å². The van der Waals surface area contributed by atoms with E-state index in [4.69, 9.17) is 9.57 Å². The third-order valence-electron chi connectivity index (χ3n) is 5.30. The summed E-state index contributed by atoms with van der Waals surface area (Å²) in [6.45, 7) is 0. The summed E-state index contributed by atoms with van der Waals surface area (Å²) in [7, 11) is -1.71. The van der Waals surface area contributed by atoms with Gasteiger partial charge in [0.2, 0.25) is 0 Å². The zero-order valence-electron chi connectivity index (χ0n) is 16.8. The molecule has 2 aromatic rings. The molecule has 2 aliphatic carbocycles. The highest BCUT2D eigenvalue weighted by Crippen LogP contribution is 2.33. The molecule has 0 unspecified atom stereocenters. The monoisotopic (exact) mass is 467 g/mol. The van der Waals surface area contributed by atoms with Crippen LogP contribution in [0.25, 0.3) is 0 Å². The number of nitrogens with zero attached hydrogens (tertiary/aromatic N) is 2. The molecule has 0 saturated heterocycles. The number of ether oxygens (including phenoxy) is 1. The number of methoxy groups -OCH3 is 1. The van der Waals surface area contributed by atoms with Gasteiger partial charge in [-0.25, -0.2) is 13.4 Å². The molecule has 4 rings (SSSR count). The van der Waals surface area contributed by atoms with Gasteiger partial charge in [-0.1, -0.05) is 28.6 Å². The van der Waals surface area contributed by atoms with Crippen molar-refractivity contribution in [1.29, 1.82) is 0 Å². The molecular formula is C20H22FN3O5S2. The van der Waals surface area contributed by atoms with Gasteiger partial charge in [0, 0.05) is 19.1 Å². The van der Waals surface area contributed by atoms with Crippen molar-refractivity contribution < 1.29 is 27.2 Å². The molecule has 2 aliphatic rings. The van der Waals surface area contributed by atoms with E-state index in [1.165, 1.54) is 24.3 Å². The first-order valence-electron chi connectivity index (χ1n) is 9.90. The number of carbonyl (C=O) groups is 1. The van der Waals surface area contributed by atoms with E-state index >= 15 is 0 Å². The van der Waals surface area contributed by atoms with E-state index in [1.54, 1.807) is 7.11 Å². The summed E-state index contributed by atoms with van der Waals surface area (Å²) in [4.78, 5) is 22.4. The van der Waals surface area contributed by atoms with Crippen LogP contribution in [0.4, 0.5) is 9.52 Å². The number of nitrogens with one attached hydrogen (secondary N) is 1. The summed E-state index contributed by atoms with van der Waals surface area (Å²) in [5.41, 5.74) is 0.331. The van der Waals surface area contributed by atoms with Gasteiger partial charge in [-0.2, -0.15) is 4.39 Å². The van der Waals surface area contributed by atoms with Gasteiger partial charge in [-0.3, -0.25) is 10.1 Å². The molecule has 11 heteroatoms. The fourth-order valence-electron chi connectivity index (χ4n) is 3.40. The lowest BCUT2D eigenvalue weighted by Gasteiger charge is -2.11. The Hall–Kier alpha value is -2.37. The van der Waals surface area contributed by atoms with Crippen molar-refractivity contribution in [2.24, 2.45) is 5.16 Å². The molecule has 1 N–H and O–H groups in total. The lowest BCUT2D eigenvalue weighted by molar-refractivity contribution is -0.110. The van der Waals surface area contributed by atoms with E-state index in [0.29, 0.717) is 36.2 Å². The number of aromatic nitrogens is 1. The third kappa shape index (κ3) is 5.10. The summed E-state index contributed by atoms with van der Waals surface area (Å²) < 4.78 is 43.4. The first kappa shape index (κ1) is 21.8. The zero-order chi connectivity index (χ0) is 22.0. The molecule has 31 heavy (non-hydrogen) atoms. The molecule has 2 saturated carbocycles. The predicted molar refractivity (Wildman–Crippen MR) is 113 cm³/mol. The van der Waals surface area contributed by atoms with Crippen LogP contribution in [0.3, 0.4) is 0 Å². The number of benzene rings is 1. The Balaban J connectivity index is 1.56. The van der Waals surface area contributed by atoms with Gasteiger partial charge in [-0.05, 0) is 37.8 Å². The highest BCUT2D eigenvalue weighted by molar-refractivity contribution is 7.92. The average Bonchev–Trinajstić information content (AvgIpc) is 3.40. The first-order chi connectivity index (χ1) is 14.9. The van der Waals surface area contributed by atoms with Crippen LogP contribution in [0.15, 0.2) is 40.5 Å². The number of sulfone groups is 1. The number of anilines is 1. The Bertz CT molecular complexity index is 1080. The van der Waals surface area contributed by atoms with Crippen molar-refractivity contribution in [3.8, 4) is 0 Å². The second-order valence-corrected chi connectivity index (χ2v) is 10.7. The predicted octanol–water partition coefficient (Wildman–Crippen LogP) is 3.15. The summed E-state index contributed by atoms with van der Waals surface area (Å²) >= 11 is 0.690. The fraction of sp³-hybridized carbons (Fsp3) is 0.450. The van der Waals surface area contributed by atoms with Crippen molar-refractivity contribution in [3.05, 3.63) is 41.2 Å². The topological polar surface area (TPSA) is 107 Å². The average molecular weight is 468 g/mol. The Morgan fingerprint density at radius 2 is 1.90 bits per heavy atom. The molecule has 1 aromatic carbocycles. The van der Waals surface area contributed by atoms with Crippen LogP contribution in [-0.4, -0.2) is 49.6 Å². The van der Waals surface area contributed by atoms with Gasteiger partial charge < -0.3 is 9.57 Å². The number of rotatable bonds is 8. The SMILES string of the molecule is CO[C@@H]1CC[C@@H](O/N=C(/C(=O)Nc2ncc(F)s2)c2ccc(S(=O)(=O)C3CC3)cc2)C1. The molecule has 1 amide bonds. The largest absolute Gasteiger partial charge is 0.392 e. The minimum atomic E-state index is -3.34. The van der Waals surface area contributed by atoms with Crippen LogP contribution in [-0.2, 0) is 24.2 Å². The van der Waals surface area contributed by atoms with Crippen LogP contribution in [0.2, 0.25) is 0 Å². The molecule has 0 aliphatic heterocycles. The molecule has 0 bridgehead atoms. The minimum Gasteiger partial charge on any atom is -0.392 e. The Kier molecular flexibility index (Phi) is 6.35. The maximum Gasteiger partial charge on any atom is 0.280 e. The van der Waals surface area contributed by atoms with Crippen molar-refractivity contribution in [2.45, 2.75) is 54.5 Å². The van der Waals surface area contributed by atoms with E-state index in [0.717, 1.165) is 19.0 Å². The molecule has 1 heterocycles. The van der Waals surface area contributed by atoms with Crippen molar-refractivity contribution >= 4 is 37.9 Å². The normalized spacial score (nSPS) is 21.8. The van der Waals surface area contributed by atoms with Gasteiger partial charge in [0.1, 0.15) is 6.10 Å². The molecule has 1 aromatic heterocycles. The smallest absolute Gasteiger partial charge is 0.280 e. The molecule has 2 atom stereocenters. The second-order valence-electron chi connectivity index (χ2n) is 7.53. The second kappa shape index (κ2) is 9.01. The van der Waals surface area contributed by atoms with Crippen LogP contribution < -0.4 is 5.32 Å². The number of thiazole rings is 1. The molecule has 2 fully saturated rings. The summed E-state index contributed by atoms with van der Waals surface area (Å²) in [6.07, 6.45) is 4.47. The summed E-state index contributed by atoms with van der Waals surface area (Å²) in [5.74, 6) is -0.631. The summed E-state index contributed by atoms with van der Waals surface area (Å²) in [5, 5.41) is 5.80. The van der Waals surface area contributed by atoms with E-state index in [-0.39, 0.29) is 33.2 Å². The highest BCUT2D eigenvalue weighted by atomic mass is 32.2. The van der Waals surface area contributed by atoms with Crippen molar-refractivity contribution in [1.82, 2.24) is 4.98 Å². The van der Waals surface area contributed by atoms with Gasteiger partial charge in [0.05, 0.1) is 22.4 Å². The fourth-order valence-corrected chi connectivity index (χ4v) is 5.60. The highest BCUT2D eigenvalue weighted by Gasteiger charge is 2.37. The minimum absolute atomic E-state index is 0.0492. The standard InChI is InChI=1S/C20H22FN3O5S2/c1-28-13-4-5-14(10-13)29-24-18(19(25)23-20-22-11-17(21)30-20)12-2-6-15(7-3-12)31(26,27)16-8-9-16/h2-3,6-7,11,13-14,16H,4-5,8-10H2,1H3,(H,22,23,25)/b24-18+/t13-,14-/m1/s1. The Morgan fingerprint density at radius 3 is 2.48 bits per heavy atom. The Labute approximate surface area is 183 Å². The quantitative estimate of drug-likeness (QED) is 0.472. The lowest BCUT2D eigenvalue weighted by atomic mass is 10.1. The van der Waals surface area contributed by atoms with Gasteiger partial charge >= 0.3 is 0 Å². The first-order valence-corrected chi connectivity index (χ1v) is 12.3. The van der Waals surface area contributed by atoms with Crippen LogP contribution in [0, 0.1) is 5.13 Å². The number of hydrogen-bond acceptors (Lipinski definition) is 8. The number of hydrogen-bond donors (Lipinski definition) is 1. The number of amides is 1. The third-order valence-corrected chi connectivity index (χ3v) is 8.27. The molecule has 166 valence electrons. The van der Waals surface area contributed by atoms with Gasteiger partial charge in [-0.15, -0.1) is 0 Å². The number of halogens is 1. The van der Waals surface area contributed by atoms with Crippen molar-refractivity contribution in [2.75, 3.05) is 12.4 Å². The molecule has 8 nitrogen and oxygen atoms in total. The summed E-state index contributed by atoms with van der Waals surface area (Å²) in [6, 6.07) is 5.97.